The van der Waals surface area contributed by atoms with Gasteiger partial charge in [0.05, 0.1) is 5.41 Å². The fourth-order valence-corrected chi connectivity index (χ4v) is 2.31. The number of carboxylic acids is 1. The lowest BCUT2D eigenvalue weighted by molar-refractivity contribution is -0.143. The number of hydrogen-bond donors (Lipinski definition) is 1. The van der Waals surface area contributed by atoms with E-state index in [2.05, 4.69) is 0 Å². The van der Waals surface area contributed by atoms with Crippen molar-refractivity contribution in [3.63, 3.8) is 0 Å². The predicted molar refractivity (Wildman–Crippen MR) is 76.3 cm³/mol. The molecule has 0 bridgehead atoms. The number of carboxylic acid groups (broad SMARTS) is 1. The van der Waals surface area contributed by atoms with Crippen molar-refractivity contribution in [1.29, 1.82) is 0 Å². The van der Waals surface area contributed by atoms with Crippen LogP contribution < -0.4 is 0 Å². The van der Waals surface area contributed by atoms with Crippen molar-refractivity contribution in [3.05, 3.63) is 71.0 Å². The molecule has 0 amide bonds. The highest BCUT2D eigenvalue weighted by atomic mass is 19.1. The van der Waals surface area contributed by atoms with Crippen LogP contribution in [-0.2, 0) is 16.6 Å². The van der Waals surface area contributed by atoms with E-state index in [1.807, 2.05) is 31.2 Å². The van der Waals surface area contributed by atoms with E-state index in [0.717, 1.165) is 11.1 Å². The van der Waals surface area contributed by atoms with Gasteiger partial charge in [-0.1, -0.05) is 36.4 Å². The lowest BCUT2D eigenvalue weighted by Crippen LogP contribution is -2.35. The zero-order chi connectivity index (χ0) is 14.8. The maximum absolute atomic E-state index is 13.0. The van der Waals surface area contributed by atoms with Gasteiger partial charge in [0.1, 0.15) is 5.82 Å². The first-order chi connectivity index (χ1) is 9.43. The van der Waals surface area contributed by atoms with Gasteiger partial charge >= 0.3 is 5.97 Å². The lowest BCUT2D eigenvalue weighted by Gasteiger charge is -2.26. The van der Waals surface area contributed by atoms with Crippen LogP contribution >= 0.6 is 0 Å². The number of aryl methyl sites for hydroxylation is 1. The molecule has 0 aliphatic rings. The maximum atomic E-state index is 13.0. The van der Waals surface area contributed by atoms with Crippen molar-refractivity contribution in [2.24, 2.45) is 0 Å². The summed E-state index contributed by atoms with van der Waals surface area (Å²) in [5, 5.41) is 9.61. The van der Waals surface area contributed by atoms with E-state index < -0.39 is 11.4 Å². The summed E-state index contributed by atoms with van der Waals surface area (Å²) in [5.41, 5.74) is 1.58. The number of rotatable bonds is 4. The Bertz CT molecular complexity index is 619. The maximum Gasteiger partial charge on any atom is 0.314 e. The van der Waals surface area contributed by atoms with Gasteiger partial charge in [-0.25, -0.2) is 4.39 Å². The Morgan fingerprint density at radius 3 is 2.30 bits per heavy atom. The van der Waals surface area contributed by atoms with Crippen LogP contribution in [0.3, 0.4) is 0 Å². The summed E-state index contributed by atoms with van der Waals surface area (Å²) in [6.07, 6.45) is 0.376. The van der Waals surface area contributed by atoms with Gasteiger partial charge in [0.2, 0.25) is 0 Å². The van der Waals surface area contributed by atoms with Gasteiger partial charge in [-0.2, -0.15) is 0 Å². The van der Waals surface area contributed by atoms with Gasteiger partial charge in [-0.05, 0) is 49.1 Å². The molecule has 20 heavy (non-hydrogen) atoms. The molecule has 1 unspecified atom stereocenters. The van der Waals surface area contributed by atoms with E-state index in [-0.39, 0.29) is 5.82 Å². The molecule has 0 aliphatic heterocycles. The first-order valence-electron chi connectivity index (χ1n) is 6.47. The fraction of sp³-hybridized carbons (Fsp3) is 0.235. The normalized spacial score (nSPS) is 13.8. The number of carbonyl (C=O) groups is 1. The standard InChI is InChI=1S/C17H17FO2/c1-12-5-3-4-6-13(12)11-17(2,16(19)20)14-7-9-15(18)10-8-14/h3-10H,11H2,1-2H3,(H,19,20). The smallest absolute Gasteiger partial charge is 0.314 e. The van der Waals surface area contributed by atoms with E-state index in [4.69, 9.17) is 0 Å². The van der Waals surface area contributed by atoms with E-state index in [0.29, 0.717) is 12.0 Å². The quantitative estimate of drug-likeness (QED) is 0.921. The lowest BCUT2D eigenvalue weighted by atomic mass is 9.76. The van der Waals surface area contributed by atoms with Crippen molar-refractivity contribution in [2.75, 3.05) is 0 Å². The second-order valence-electron chi connectivity index (χ2n) is 5.25. The topological polar surface area (TPSA) is 37.3 Å². The Morgan fingerprint density at radius 1 is 1.15 bits per heavy atom. The van der Waals surface area contributed by atoms with Gasteiger partial charge < -0.3 is 5.11 Å². The van der Waals surface area contributed by atoms with Gasteiger partial charge in [-0.15, -0.1) is 0 Å². The molecular weight excluding hydrogens is 255 g/mol. The summed E-state index contributed by atoms with van der Waals surface area (Å²) in [4.78, 5) is 11.7. The molecule has 0 saturated heterocycles. The molecule has 1 N–H and O–H groups in total. The van der Waals surface area contributed by atoms with E-state index in [1.165, 1.54) is 12.1 Å². The molecule has 2 aromatic carbocycles. The van der Waals surface area contributed by atoms with Gasteiger partial charge in [0.15, 0.2) is 0 Å². The third kappa shape index (κ3) is 2.72. The van der Waals surface area contributed by atoms with Crippen molar-refractivity contribution in [1.82, 2.24) is 0 Å². The fourth-order valence-electron chi connectivity index (χ4n) is 2.31. The predicted octanol–water partition coefficient (Wildman–Crippen LogP) is 3.72. The van der Waals surface area contributed by atoms with Crippen LogP contribution in [0.15, 0.2) is 48.5 Å². The molecule has 2 rings (SSSR count). The molecule has 3 heteroatoms. The van der Waals surface area contributed by atoms with Crippen LogP contribution in [0, 0.1) is 12.7 Å². The molecule has 0 aromatic heterocycles. The summed E-state index contributed by atoms with van der Waals surface area (Å²) in [5.74, 6) is -1.27. The molecule has 0 spiro atoms. The van der Waals surface area contributed by atoms with Crippen molar-refractivity contribution in [3.8, 4) is 0 Å². The first-order valence-corrected chi connectivity index (χ1v) is 6.47. The van der Waals surface area contributed by atoms with Gasteiger partial charge in [0, 0.05) is 0 Å². The molecule has 2 nitrogen and oxygen atoms in total. The minimum atomic E-state index is -1.07. The van der Waals surface area contributed by atoms with Crippen LogP contribution in [0.2, 0.25) is 0 Å². The highest BCUT2D eigenvalue weighted by molar-refractivity contribution is 5.81. The van der Waals surface area contributed by atoms with Crippen LogP contribution in [0.5, 0.6) is 0 Å². The Labute approximate surface area is 117 Å². The summed E-state index contributed by atoms with van der Waals surface area (Å²) in [6, 6.07) is 13.4. The monoisotopic (exact) mass is 272 g/mol. The first kappa shape index (κ1) is 14.3. The molecule has 1 atom stereocenters. The molecule has 104 valence electrons. The largest absolute Gasteiger partial charge is 0.481 e. The number of benzene rings is 2. The average Bonchev–Trinajstić information content (AvgIpc) is 2.42. The molecule has 2 aromatic rings. The zero-order valence-corrected chi connectivity index (χ0v) is 11.6. The third-order valence-corrected chi connectivity index (χ3v) is 3.76. The minimum absolute atomic E-state index is 0.364. The number of halogens is 1. The van der Waals surface area contributed by atoms with Gasteiger partial charge in [-0.3, -0.25) is 4.79 Å². The Kier molecular flexibility index (Phi) is 3.89. The molecule has 0 saturated carbocycles. The van der Waals surface area contributed by atoms with Crippen molar-refractivity contribution in [2.45, 2.75) is 25.7 Å². The SMILES string of the molecule is Cc1ccccc1CC(C)(C(=O)O)c1ccc(F)cc1. The van der Waals surface area contributed by atoms with Crippen molar-refractivity contribution >= 4 is 5.97 Å². The highest BCUT2D eigenvalue weighted by Gasteiger charge is 2.35. The molecular formula is C17H17FO2. The third-order valence-electron chi connectivity index (χ3n) is 3.76. The highest BCUT2D eigenvalue weighted by Crippen LogP contribution is 2.30. The summed E-state index contributed by atoms with van der Waals surface area (Å²) in [6.45, 7) is 3.64. The summed E-state index contributed by atoms with van der Waals surface area (Å²) >= 11 is 0. The Balaban J connectivity index is 2.43. The van der Waals surface area contributed by atoms with Crippen LogP contribution in [-0.4, -0.2) is 11.1 Å². The van der Waals surface area contributed by atoms with Crippen LogP contribution in [0.4, 0.5) is 4.39 Å². The molecule has 0 aliphatic carbocycles. The summed E-state index contributed by atoms with van der Waals surface area (Å²) in [7, 11) is 0. The van der Waals surface area contributed by atoms with E-state index in [1.54, 1.807) is 19.1 Å². The Morgan fingerprint density at radius 2 is 1.75 bits per heavy atom. The van der Waals surface area contributed by atoms with Crippen molar-refractivity contribution < 1.29 is 14.3 Å². The Hall–Kier alpha value is -2.16. The average molecular weight is 272 g/mol. The zero-order valence-electron chi connectivity index (χ0n) is 11.6. The van der Waals surface area contributed by atoms with E-state index >= 15 is 0 Å². The summed E-state index contributed by atoms with van der Waals surface area (Å²) < 4.78 is 13.0. The molecule has 0 fully saturated rings. The number of hydrogen-bond acceptors (Lipinski definition) is 1. The number of aliphatic carboxylic acids is 1. The van der Waals surface area contributed by atoms with Crippen LogP contribution in [0.1, 0.15) is 23.6 Å². The second-order valence-corrected chi connectivity index (χ2v) is 5.25. The van der Waals surface area contributed by atoms with Crippen LogP contribution in [0.25, 0.3) is 0 Å². The molecule has 0 heterocycles. The van der Waals surface area contributed by atoms with E-state index in [9.17, 15) is 14.3 Å². The second kappa shape index (κ2) is 5.45. The minimum Gasteiger partial charge on any atom is -0.481 e. The molecule has 0 radical (unpaired) electrons. The van der Waals surface area contributed by atoms with Gasteiger partial charge in [0.25, 0.3) is 0 Å².